The van der Waals surface area contributed by atoms with E-state index in [1.807, 2.05) is 0 Å². The molecule has 0 spiro atoms. The summed E-state index contributed by atoms with van der Waals surface area (Å²) in [5.41, 5.74) is 7.53. The van der Waals surface area contributed by atoms with Gasteiger partial charge in [-0.15, -0.1) is 0 Å². The van der Waals surface area contributed by atoms with Gasteiger partial charge in [0.2, 0.25) is 0 Å². The molecule has 8 nitrogen and oxygen atoms in total. The number of fused-ring (bicyclic) bond motifs is 2. The number of nitrogens with two attached hydrogens (primary N) is 1. The third-order valence-corrected chi connectivity index (χ3v) is 8.27. The fourth-order valence-electron chi connectivity index (χ4n) is 6.59. The third kappa shape index (κ3) is 2.86. The van der Waals surface area contributed by atoms with Crippen LogP contribution in [0.4, 0.5) is 0 Å². The molecule has 164 valence electrons. The van der Waals surface area contributed by atoms with Crippen molar-refractivity contribution in [3.05, 3.63) is 34.3 Å². The van der Waals surface area contributed by atoms with E-state index < -0.39 is 24.3 Å². The Balaban J connectivity index is 1.44. The van der Waals surface area contributed by atoms with Crippen LogP contribution in [0.1, 0.15) is 34.9 Å². The van der Waals surface area contributed by atoms with E-state index in [1.165, 1.54) is 0 Å². The molecule has 5 rings (SSSR count). The fraction of sp³-hybridized carbons (Fsp3) is 0.667. The lowest BCUT2D eigenvalue weighted by molar-refractivity contribution is -0.959. The highest BCUT2D eigenvalue weighted by molar-refractivity contribution is 6.31. The first-order valence-corrected chi connectivity index (χ1v) is 11.0. The second-order valence-electron chi connectivity index (χ2n) is 9.59. The third-order valence-electron chi connectivity index (χ3n) is 8.04. The number of carbonyl (C=O) groups is 1. The van der Waals surface area contributed by atoms with E-state index in [-0.39, 0.29) is 30.2 Å². The normalized spacial score (nSPS) is 46.0. The van der Waals surface area contributed by atoms with Gasteiger partial charge >= 0.3 is 5.97 Å². The van der Waals surface area contributed by atoms with Gasteiger partial charge in [0.25, 0.3) is 0 Å². The smallest absolute Gasteiger partial charge is 0.339 e. The molecule has 2 saturated heterocycles. The van der Waals surface area contributed by atoms with Gasteiger partial charge in [0.15, 0.2) is 6.17 Å². The van der Waals surface area contributed by atoms with Gasteiger partial charge in [-0.2, -0.15) is 0 Å². The highest BCUT2D eigenvalue weighted by Crippen LogP contribution is 2.49. The Labute approximate surface area is 181 Å². The number of hydrogen-bond acceptors (Lipinski definition) is 7. The molecular weight excluding hydrogens is 408 g/mol. The average Bonchev–Trinajstić information content (AvgIpc) is 3.33. The molecule has 9 atom stereocenters. The summed E-state index contributed by atoms with van der Waals surface area (Å²) in [6.07, 6.45) is -0.807. The van der Waals surface area contributed by atoms with Crippen molar-refractivity contribution < 1.29 is 24.2 Å². The minimum Gasteiger partial charge on any atom is -0.453 e. The maximum atomic E-state index is 12.4. The molecule has 1 aromatic rings. The van der Waals surface area contributed by atoms with Gasteiger partial charge in [-0.25, -0.2) is 9.69 Å². The van der Waals surface area contributed by atoms with Crippen LogP contribution in [0, 0.1) is 11.8 Å². The number of quaternary nitrogens is 1. The number of carbonyl (C=O) groups excluding carboxylic acids is 1. The number of aliphatic hydroxyl groups is 2. The van der Waals surface area contributed by atoms with Crippen LogP contribution in [0.25, 0.3) is 0 Å². The van der Waals surface area contributed by atoms with Crippen molar-refractivity contribution in [3.8, 4) is 0 Å². The number of hydrogen-bond donors (Lipinski definition) is 4. The van der Waals surface area contributed by atoms with Gasteiger partial charge in [0, 0.05) is 29.3 Å². The van der Waals surface area contributed by atoms with Crippen LogP contribution in [0.5, 0.6) is 0 Å². The summed E-state index contributed by atoms with van der Waals surface area (Å²) in [5, 5.41) is 26.0. The van der Waals surface area contributed by atoms with Crippen LogP contribution >= 0.6 is 11.6 Å². The van der Waals surface area contributed by atoms with Crippen LogP contribution in [0.15, 0.2) is 18.2 Å². The average molecular weight is 438 g/mol. The second-order valence-corrected chi connectivity index (χ2v) is 10.0. The summed E-state index contributed by atoms with van der Waals surface area (Å²) in [6.45, 7) is 1.58. The first-order valence-electron chi connectivity index (χ1n) is 10.6. The number of rotatable bonds is 2. The molecular formula is C21H30ClN4O4+. The molecule has 0 amide bonds. The topological polar surface area (TPSA) is 108 Å². The number of cyclic esters (lactones) is 1. The molecule has 1 aromatic carbocycles. The molecule has 3 fully saturated rings. The maximum absolute atomic E-state index is 12.4. The predicted octanol–water partition coefficient (Wildman–Crippen LogP) is 0.232. The van der Waals surface area contributed by atoms with Crippen LogP contribution in [0.2, 0.25) is 5.02 Å². The van der Waals surface area contributed by atoms with Gasteiger partial charge in [-0.3, -0.25) is 5.32 Å². The number of nitrogens with one attached hydrogen (secondary N) is 1. The van der Waals surface area contributed by atoms with Crippen molar-refractivity contribution in [2.45, 2.75) is 49.5 Å². The van der Waals surface area contributed by atoms with E-state index in [2.05, 4.69) is 24.3 Å². The predicted molar refractivity (Wildman–Crippen MR) is 110 cm³/mol. The Morgan fingerprint density at radius 3 is 2.83 bits per heavy atom. The summed E-state index contributed by atoms with van der Waals surface area (Å²) >= 11 is 6.05. The molecule has 30 heavy (non-hydrogen) atoms. The number of halogens is 1. The lowest BCUT2D eigenvalue weighted by atomic mass is 9.91. The highest BCUT2D eigenvalue weighted by atomic mass is 35.5. The lowest BCUT2D eigenvalue weighted by Gasteiger charge is -2.50. The molecule has 1 saturated carbocycles. The fourth-order valence-corrected chi connectivity index (χ4v) is 6.76. The Kier molecular flexibility index (Phi) is 4.90. The van der Waals surface area contributed by atoms with E-state index in [0.29, 0.717) is 28.2 Å². The highest BCUT2D eigenvalue weighted by Gasteiger charge is 2.62. The minimum absolute atomic E-state index is 0.0715. The molecule has 4 unspecified atom stereocenters. The van der Waals surface area contributed by atoms with Crippen molar-refractivity contribution in [1.82, 2.24) is 10.2 Å². The maximum Gasteiger partial charge on any atom is 0.339 e. The van der Waals surface area contributed by atoms with Crippen LogP contribution in [-0.4, -0.2) is 83.5 Å². The van der Waals surface area contributed by atoms with Crippen molar-refractivity contribution in [2.24, 2.45) is 17.6 Å². The van der Waals surface area contributed by atoms with E-state index in [1.54, 1.807) is 18.2 Å². The Morgan fingerprint density at radius 2 is 2.07 bits per heavy atom. The van der Waals surface area contributed by atoms with Gasteiger partial charge in [0.05, 0.1) is 44.0 Å². The second kappa shape index (κ2) is 7.13. The number of esters is 1. The Morgan fingerprint density at radius 1 is 1.30 bits per heavy atom. The van der Waals surface area contributed by atoms with E-state index in [4.69, 9.17) is 22.1 Å². The first kappa shape index (κ1) is 20.6. The van der Waals surface area contributed by atoms with Crippen molar-refractivity contribution >= 4 is 17.6 Å². The van der Waals surface area contributed by atoms with Crippen LogP contribution in [0.3, 0.4) is 0 Å². The quantitative estimate of drug-likeness (QED) is 0.387. The molecule has 4 aliphatic rings. The number of likely N-dealkylation sites (tertiary alicyclic amines) is 1. The van der Waals surface area contributed by atoms with E-state index >= 15 is 0 Å². The molecule has 3 heterocycles. The Bertz CT molecular complexity index is 871. The number of likely N-dealkylation sites (N-methyl/N-ethyl adjacent to an activating group) is 1. The van der Waals surface area contributed by atoms with Gasteiger partial charge in [0.1, 0.15) is 18.2 Å². The minimum atomic E-state index is -0.968. The Hall–Kier alpha value is -1.26. The summed E-state index contributed by atoms with van der Waals surface area (Å²) in [5.74, 6) is -0.510. The summed E-state index contributed by atoms with van der Waals surface area (Å²) in [7, 11) is 4.24. The zero-order valence-electron chi connectivity index (χ0n) is 17.2. The monoisotopic (exact) mass is 437 g/mol. The lowest BCUT2D eigenvalue weighted by Crippen LogP contribution is -2.70. The summed E-state index contributed by atoms with van der Waals surface area (Å²) in [4.78, 5) is 14.6. The standard InChI is InChI=1S/C21H30ClN4O4/c1-25-9-24-19(23)12-5-6-26(2,20(12)25)15-8-14(16(27)17(15)28)18-11-4-3-10(22)7-13(11)21(29)30-18/h3-4,7,12,14-20,24,27-28H,5-6,8-9,23H2,1-2H3/q+1/t12?,14-,15+,16+,17-,18+,19?,20?,26?/m0/s1. The zero-order chi connectivity index (χ0) is 21.4. The van der Waals surface area contributed by atoms with Crippen LogP contribution < -0.4 is 11.1 Å². The largest absolute Gasteiger partial charge is 0.453 e. The van der Waals surface area contributed by atoms with Crippen molar-refractivity contribution in [2.75, 3.05) is 27.3 Å². The number of nitrogens with zero attached hydrogens (tertiary/aromatic N) is 2. The molecule has 1 aliphatic carbocycles. The van der Waals surface area contributed by atoms with Crippen molar-refractivity contribution in [3.63, 3.8) is 0 Å². The molecule has 5 N–H and O–H groups in total. The summed E-state index contributed by atoms with van der Waals surface area (Å²) in [6, 6.07) is 4.97. The summed E-state index contributed by atoms with van der Waals surface area (Å²) < 4.78 is 6.30. The molecule has 0 radical (unpaired) electrons. The van der Waals surface area contributed by atoms with Gasteiger partial charge in [-0.1, -0.05) is 17.7 Å². The van der Waals surface area contributed by atoms with Crippen LogP contribution in [-0.2, 0) is 4.74 Å². The molecule has 0 aromatic heterocycles. The van der Waals surface area contributed by atoms with Crippen molar-refractivity contribution in [1.29, 1.82) is 0 Å². The zero-order valence-corrected chi connectivity index (χ0v) is 18.0. The van der Waals surface area contributed by atoms with Gasteiger partial charge in [-0.05, 0) is 19.2 Å². The van der Waals surface area contributed by atoms with E-state index in [0.717, 1.165) is 18.5 Å². The number of benzene rings is 1. The number of aliphatic hydroxyl groups excluding tert-OH is 2. The SMILES string of the molecule is CN1CNC(N)C2CC[N+](C)([C@@H]3C[C@H]([C@@H]4OC(=O)c5cc(Cl)ccc54)[C@@H](O)[C@H]3O)C21. The van der Waals surface area contributed by atoms with Gasteiger partial charge < -0.3 is 25.2 Å². The molecule has 9 heteroatoms. The first-order chi connectivity index (χ1) is 14.2. The molecule has 3 aliphatic heterocycles. The number of ether oxygens (including phenoxy) is 1. The molecule has 0 bridgehead atoms. The van der Waals surface area contributed by atoms with E-state index in [9.17, 15) is 15.0 Å².